The van der Waals surface area contributed by atoms with Gasteiger partial charge < -0.3 is 19.7 Å². The lowest BCUT2D eigenvalue weighted by molar-refractivity contribution is 0.0520. The van der Waals surface area contributed by atoms with Crippen molar-refractivity contribution in [3.8, 4) is 17.2 Å². The van der Waals surface area contributed by atoms with Crippen molar-refractivity contribution < 1.29 is 29.3 Å². The summed E-state index contributed by atoms with van der Waals surface area (Å²) < 4.78 is 9.62. The van der Waals surface area contributed by atoms with Crippen LogP contribution in [-0.2, 0) is 4.74 Å². The molecule has 0 aliphatic carbocycles. The van der Waals surface area contributed by atoms with Gasteiger partial charge in [-0.15, -0.1) is 11.3 Å². The first-order chi connectivity index (χ1) is 11.0. The Bertz CT molecular complexity index is 743. The van der Waals surface area contributed by atoms with E-state index in [0.717, 1.165) is 23.5 Å². The van der Waals surface area contributed by atoms with Gasteiger partial charge in [-0.05, 0) is 6.92 Å². The number of aromatic nitrogens is 1. The molecule has 0 spiro atoms. The molecule has 0 fully saturated rings. The molecule has 1 aromatic carbocycles. The van der Waals surface area contributed by atoms with Gasteiger partial charge in [0.2, 0.25) is 0 Å². The number of anilines is 1. The van der Waals surface area contributed by atoms with E-state index in [-0.39, 0.29) is 40.2 Å². The predicted molar refractivity (Wildman–Crippen MR) is 82.3 cm³/mol. The minimum absolute atomic E-state index is 0.0397. The number of ether oxygens (including phenoxy) is 2. The highest BCUT2D eigenvalue weighted by molar-refractivity contribution is 7.14. The van der Waals surface area contributed by atoms with Gasteiger partial charge in [0.05, 0.1) is 19.3 Å². The number of thiazole rings is 1. The van der Waals surface area contributed by atoms with Gasteiger partial charge >= 0.3 is 5.97 Å². The normalized spacial score (nSPS) is 10.2. The number of amides is 1. The van der Waals surface area contributed by atoms with Crippen molar-refractivity contribution >= 4 is 28.3 Å². The summed E-state index contributed by atoms with van der Waals surface area (Å²) in [6.07, 6.45) is 0. The number of aromatic hydroxyl groups is 2. The third-order valence-electron chi connectivity index (χ3n) is 2.75. The van der Waals surface area contributed by atoms with Crippen molar-refractivity contribution in [2.75, 3.05) is 19.0 Å². The number of hydrogen-bond acceptors (Lipinski definition) is 8. The van der Waals surface area contributed by atoms with Crippen molar-refractivity contribution in [2.45, 2.75) is 6.92 Å². The molecule has 122 valence electrons. The predicted octanol–water partition coefficient (Wildman–Crippen LogP) is 1.99. The van der Waals surface area contributed by atoms with Gasteiger partial charge in [-0.25, -0.2) is 9.78 Å². The lowest BCUT2D eigenvalue weighted by Crippen LogP contribution is -2.12. The summed E-state index contributed by atoms with van der Waals surface area (Å²) in [7, 11) is 1.32. The number of rotatable bonds is 5. The molecule has 0 unspecified atom stereocenters. The van der Waals surface area contributed by atoms with Crippen LogP contribution >= 0.6 is 11.3 Å². The fourth-order valence-corrected chi connectivity index (χ4v) is 2.37. The lowest BCUT2D eigenvalue weighted by atomic mass is 10.1. The van der Waals surface area contributed by atoms with E-state index in [1.54, 1.807) is 6.92 Å². The minimum Gasteiger partial charge on any atom is -0.507 e. The van der Waals surface area contributed by atoms with Crippen LogP contribution in [0, 0.1) is 0 Å². The minimum atomic E-state index is -0.690. The van der Waals surface area contributed by atoms with Gasteiger partial charge in [0.1, 0.15) is 5.75 Å². The second kappa shape index (κ2) is 6.97. The average Bonchev–Trinajstić information content (AvgIpc) is 2.97. The maximum atomic E-state index is 12.1. The highest BCUT2D eigenvalue weighted by Crippen LogP contribution is 2.33. The van der Waals surface area contributed by atoms with Crippen molar-refractivity contribution in [3.63, 3.8) is 0 Å². The van der Waals surface area contributed by atoms with Gasteiger partial charge in [0.25, 0.3) is 5.91 Å². The van der Waals surface area contributed by atoms with Crippen molar-refractivity contribution in [1.29, 1.82) is 0 Å². The van der Waals surface area contributed by atoms with Crippen LogP contribution in [0.4, 0.5) is 5.13 Å². The number of benzene rings is 1. The van der Waals surface area contributed by atoms with E-state index in [2.05, 4.69) is 10.3 Å². The molecule has 1 aromatic heterocycles. The zero-order valence-electron chi connectivity index (χ0n) is 12.3. The SMILES string of the molecule is CCOC(=O)c1csc(NC(=O)c2cc(O)c(OC)cc2O)n1. The number of phenolic OH excluding ortho intramolecular Hbond substituents is 2. The zero-order valence-corrected chi connectivity index (χ0v) is 13.1. The Balaban J connectivity index is 2.16. The lowest BCUT2D eigenvalue weighted by Gasteiger charge is -2.08. The molecule has 23 heavy (non-hydrogen) atoms. The van der Waals surface area contributed by atoms with E-state index < -0.39 is 11.9 Å². The first kappa shape index (κ1) is 16.6. The smallest absolute Gasteiger partial charge is 0.357 e. The highest BCUT2D eigenvalue weighted by atomic mass is 32.1. The monoisotopic (exact) mass is 338 g/mol. The van der Waals surface area contributed by atoms with Gasteiger partial charge in [-0.2, -0.15) is 0 Å². The van der Waals surface area contributed by atoms with Crippen LogP contribution in [0.1, 0.15) is 27.8 Å². The molecule has 0 atom stereocenters. The highest BCUT2D eigenvalue weighted by Gasteiger charge is 2.18. The Morgan fingerprint density at radius 2 is 2.04 bits per heavy atom. The first-order valence-electron chi connectivity index (χ1n) is 6.50. The van der Waals surface area contributed by atoms with Crippen LogP contribution in [0.5, 0.6) is 17.2 Å². The van der Waals surface area contributed by atoms with Crippen LogP contribution in [-0.4, -0.2) is 40.8 Å². The molecule has 1 heterocycles. The number of nitrogens with zero attached hydrogens (tertiary/aromatic N) is 1. The molecule has 0 bridgehead atoms. The zero-order chi connectivity index (χ0) is 17.0. The van der Waals surface area contributed by atoms with E-state index in [1.807, 2.05) is 0 Å². The van der Waals surface area contributed by atoms with Gasteiger partial charge in [-0.3, -0.25) is 10.1 Å². The van der Waals surface area contributed by atoms with Crippen LogP contribution in [0.15, 0.2) is 17.5 Å². The third kappa shape index (κ3) is 3.69. The molecule has 0 radical (unpaired) electrons. The molecule has 2 aromatic rings. The number of carbonyl (C=O) groups excluding carboxylic acids is 2. The van der Waals surface area contributed by atoms with Crippen molar-refractivity contribution in [2.24, 2.45) is 0 Å². The molecule has 0 aliphatic rings. The van der Waals surface area contributed by atoms with E-state index in [9.17, 15) is 19.8 Å². The van der Waals surface area contributed by atoms with Crippen molar-refractivity contribution in [3.05, 3.63) is 28.8 Å². The van der Waals surface area contributed by atoms with E-state index >= 15 is 0 Å². The Hall–Kier alpha value is -2.81. The van der Waals surface area contributed by atoms with Gasteiger partial charge in [-0.1, -0.05) is 0 Å². The van der Waals surface area contributed by atoms with Gasteiger partial charge in [0.15, 0.2) is 22.3 Å². The maximum Gasteiger partial charge on any atom is 0.357 e. The molecule has 1 amide bonds. The molecule has 3 N–H and O–H groups in total. The molecule has 8 nitrogen and oxygen atoms in total. The Morgan fingerprint density at radius 1 is 1.30 bits per heavy atom. The second-order valence-electron chi connectivity index (χ2n) is 4.25. The van der Waals surface area contributed by atoms with Crippen molar-refractivity contribution in [1.82, 2.24) is 4.98 Å². The Labute approximate surface area is 135 Å². The largest absolute Gasteiger partial charge is 0.507 e. The number of methoxy groups -OCH3 is 1. The van der Waals surface area contributed by atoms with E-state index in [0.29, 0.717) is 0 Å². The summed E-state index contributed by atoms with van der Waals surface area (Å²) in [5.41, 5.74) is -0.0786. The standard InChI is InChI=1S/C14H14N2O6S/c1-3-22-13(20)8-6-23-14(15-8)16-12(19)7-4-10(18)11(21-2)5-9(7)17/h4-6,17-18H,3H2,1-2H3,(H,15,16,19). The molecule has 0 aliphatic heterocycles. The fraction of sp³-hybridized carbons (Fsp3) is 0.214. The Morgan fingerprint density at radius 3 is 2.70 bits per heavy atom. The first-order valence-corrected chi connectivity index (χ1v) is 7.38. The number of hydrogen-bond donors (Lipinski definition) is 3. The fourth-order valence-electron chi connectivity index (χ4n) is 1.70. The van der Waals surface area contributed by atoms with Gasteiger partial charge in [0, 0.05) is 17.5 Å². The summed E-state index contributed by atoms with van der Waals surface area (Å²) in [6.45, 7) is 1.89. The molecular weight excluding hydrogens is 324 g/mol. The van der Waals surface area contributed by atoms with E-state index in [1.165, 1.54) is 12.5 Å². The molecular formula is C14H14N2O6S. The maximum absolute atomic E-state index is 12.1. The second-order valence-corrected chi connectivity index (χ2v) is 5.11. The molecule has 0 saturated heterocycles. The molecule has 0 saturated carbocycles. The van der Waals surface area contributed by atoms with Crippen LogP contribution < -0.4 is 10.1 Å². The number of carbonyl (C=O) groups is 2. The van der Waals surface area contributed by atoms with Crippen LogP contribution in [0.2, 0.25) is 0 Å². The number of esters is 1. The summed E-state index contributed by atoms with van der Waals surface area (Å²) >= 11 is 1.03. The quantitative estimate of drug-likeness (QED) is 0.563. The number of phenols is 2. The van der Waals surface area contributed by atoms with E-state index in [4.69, 9.17) is 9.47 Å². The summed E-state index contributed by atoms with van der Waals surface area (Å²) in [4.78, 5) is 27.5. The Kier molecular flexibility index (Phi) is 5.02. The third-order valence-corrected chi connectivity index (χ3v) is 3.51. The topological polar surface area (TPSA) is 118 Å². The number of nitrogens with one attached hydrogen (secondary N) is 1. The summed E-state index contributed by atoms with van der Waals surface area (Å²) in [5, 5.41) is 23.5. The molecule has 2 rings (SSSR count). The average molecular weight is 338 g/mol. The summed E-state index contributed by atoms with van der Waals surface area (Å²) in [5.74, 6) is -1.89. The van der Waals surface area contributed by atoms with Crippen LogP contribution in [0.25, 0.3) is 0 Å². The summed E-state index contributed by atoms with van der Waals surface area (Å²) in [6, 6.07) is 2.19. The molecule has 9 heteroatoms. The van der Waals surface area contributed by atoms with Crippen LogP contribution in [0.3, 0.4) is 0 Å².